The Morgan fingerprint density at radius 3 is 3.06 bits per heavy atom. The number of H-pyrrole nitrogens is 1. The molecule has 2 aromatic heterocycles. The molecule has 0 saturated carbocycles. The lowest BCUT2D eigenvalue weighted by Crippen LogP contribution is -2.07. The second-order valence-corrected chi connectivity index (χ2v) is 3.74. The van der Waals surface area contributed by atoms with Crippen LogP contribution in [0.4, 0.5) is 11.5 Å². The molecule has 0 saturated heterocycles. The van der Waals surface area contributed by atoms with E-state index < -0.39 is 0 Å². The molecule has 18 heavy (non-hydrogen) atoms. The third kappa shape index (κ3) is 2.95. The molecule has 0 amide bonds. The summed E-state index contributed by atoms with van der Waals surface area (Å²) in [6.07, 6.45) is 4.67. The molecule has 2 aromatic rings. The number of hydrogen-bond acceptors (Lipinski definition) is 6. The zero-order valence-electron chi connectivity index (χ0n) is 9.72. The first-order chi connectivity index (χ1) is 8.79. The fraction of sp³-hybridized carbons (Fsp3) is 0.273. The number of nitrogens with one attached hydrogen (secondary N) is 2. The van der Waals surface area contributed by atoms with Gasteiger partial charge in [0.25, 0.3) is 0 Å². The maximum Gasteiger partial charge on any atom is 0.144 e. The summed E-state index contributed by atoms with van der Waals surface area (Å²) in [5, 5.41) is 18.6. The van der Waals surface area contributed by atoms with Crippen LogP contribution in [0.5, 0.6) is 0 Å². The van der Waals surface area contributed by atoms with Gasteiger partial charge in [0.1, 0.15) is 24.0 Å². The monoisotopic (exact) mass is 243 g/mol. The highest BCUT2D eigenvalue weighted by Crippen LogP contribution is 2.14. The SMILES string of the molecule is N#Cc1cc(N)cnc1NCCCc1ncn[nH]1. The number of nitrogens with zero attached hydrogens (tertiary/aromatic N) is 4. The zero-order chi connectivity index (χ0) is 12.8. The molecule has 0 atom stereocenters. The van der Waals surface area contributed by atoms with Gasteiger partial charge in [-0.25, -0.2) is 9.97 Å². The maximum atomic E-state index is 8.94. The molecule has 92 valence electrons. The molecule has 2 rings (SSSR count). The van der Waals surface area contributed by atoms with E-state index in [1.54, 1.807) is 6.07 Å². The Balaban J connectivity index is 1.85. The summed E-state index contributed by atoms with van der Waals surface area (Å²) in [6, 6.07) is 3.66. The van der Waals surface area contributed by atoms with Crippen molar-refractivity contribution in [2.45, 2.75) is 12.8 Å². The molecule has 7 nitrogen and oxygen atoms in total. The van der Waals surface area contributed by atoms with E-state index in [9.17, 15) is 0 Å². The van der Waals surface area contributed by atoms with Gasteiger partial charge >= 0.3 is 0 Å². The first-order valence-corrected chi connectivity index (χ1v) is 5.53. The van der Waals surface area contributed by atoms with Gasteiger partial charge in [0.2, 0.25) is 0 Å². The van der Waals surface area contributed by atoms with Crippen LogP contribution in [0, 0.1) is 11.3 Å². The lowest BCUT2D eigenvalue weighted by molar-refractivity contribution is 0.803. The van der Waals surface area contributed by atoms with Gasteiger partial charge in [0.05, 0.1) is 17.4 Å². The summed E-state index contributed by atoms with van der Waals surface area (Å²) < 4.78 is 0. The number of nitriles is 1. The van der Waals surface area contributed by atoms with E-state index >= 15 is 0 Å². The Kier molecular flexibility index (Phi) is 3.71. The Morgan fingerprint density at radius 2 is 2.33 bits per heavy atom. The van der Waals surface area contributed by atoms with Gasteiger partial charge in [-0.05, 0) is 12.5 Å². The van der Waals surface area contributed by atoms with Crippen molar-refractivity contribution in [1.82, 2.24) is 20.2 Å². The number of aromatic nitrogens is 4. The Labute approximate surface area is 104 Å². The molecule has 0 spiro atoms. The van der Waals surface area contributed by atoms with E-state index in [0.717, 1.165) is 18.7 Å². The average molecular weight is 243 g/mol. The zero-order valence-corrected chi connectivity index (χ0v) is 9.72. The third-order valence-corrected chi connectivity index (χ3v) is 2.38. The summed E-state index contributed by atoms with van der Waals surface area (Å²) in [4.78, 5) is 8.12. The number of anilines is 2. The number of hydrogen-bond donors (Lipinski definition) is 3. The van der Waals surface area contributed by atoms with Crippen LogP contribution in [0.1, 0.15) is 17.8 Å². The molecule has 0 unspecified atom stereocenters. The van der Waals surface area contributed by atoms with Crippen LogP contribution in [0.25, 0.3) is 0 Å². The minimum Gasteiger partial charge on any atom is -0.397 e. The highest BCUT2D eigenvalue weighted by molar-refractivity contribution is 5.57. The molecule has 0 aliphatic carbocycles. The molecular formula is C11H13N7. The molecule has 0 aliphatic heterocycles. The van der Waals surface area contributed by atoms with Crippen LogP contribution in [0.3, 0.4) is 0 Å². The first-order valence-electron chi connectivity index (χ1n) is 5.53. The van der Waals surface area contributed by atoms with Crippen LogP contribution in [-0.4, -0.2) is 26.7 Å². The van der Waals surface area contributed by atoms with E-state index in [-0.39, 0.29) is 0 Å². The van der Waals surface area contributed by atoms with Crippen LogP contribution in [0.2, 0.25) is 0 Å². The minimum atomic E-state index is 0.453. The summed E-state index contributed by atoms with van der Waals surface area (Å²) in [5.74, 6) is 1.41. The van der Waals surface area contributed by atoms with E-state index in [2.05, 4.69) is 31.6 Å². The number of nitrogen functional groups attached to an aromatic ring is 1. The lowest BCUT2D eigenvalue weighted by atomic mass is 10.2. The minimum absolute atomic E-state index is 0.453. The predicted molar refractivity (Wildman–Crippen MR) is 66.6 cm³/mol. The Morgan fingerprint density at radius 1 is 1.44 bits per heavy atom. The van der Waals surface area contributed by atoms with Gasteiger partial charge in [-0.1, -0.05) is 0 Å². The standard InChI is InChI=1S/C11H13N7/c12-5-8-4-9(13)6-15-11(8)14-3-1-2-10-16-7-17-18-10/h4,6-7H,1-3,13H2,(H,14,15)(H,16,17,18). The molecule has 0 bridgehead atoms. The molecule has 0 radical (unpaired) electrons. The number of aryl methyl sites for hydroxylation is 1. The molecule has 0 aromatic carbocycles. The molecule has 0 fully saturated rings. The Bertz CT molecular complexity index is 541. The van der Waals surface area contributed by atoms with Crippen molar-refractivity contribution in [2.24, 2.45) is 0 Å². The number of nitrogens with two attached hydrogens (primary N) is 1. The highest BCUT2D eigenvalue weighted by Gasteiger charge is 2.03. The van der Waals surface area contributed by atoms with Crippen molar-refractivity contribution in [3.05, 3.63) is 30.0 Å². The van der Waals surface area contributed by atoms with Gasteiger partial charge in [-0.15, -0.1) is 0 Å². The summed E-state index contributed by atoms with van der Waals surface area (Å²) >= 11 is 0. The molecule has 2 heterocycles. The number of pyridine rings is 1. The van der Waals surface area contributed by atoms with Crippen molar-refractivity contribution in [3.63, 3.8) is 0 Å². The van der Waals surface area contributed by atoms with Crippen molar-refractivity contribution in [3.8, 4) is 6.07 Å². The van der Waals surface area contributed by atoms with E-state index in [0.29, 0.717) is 23.6 Å². The van der Waals surface area contributed by atoms with Crippen molar-refractivity contribution >= 4 is 11.5 Å². The topological polar surface area (TPSA) is 116 Å². The van der Waals surface area contributed by atoms with Crippen LogP contribution >= 0.6 is 0 Å². The van der Waals surface area contributed by atoms with Crippen molar-refractivity contribution in [1.29, 1.82) is 5.26 Å². The summed E-state index contributed by atoms with van der Waals surface area (Å²) in [6.45, 7) is 0.701. The Hall–Kier alpha value is -2.62. The van der Waals surface area contributed by atoms with Crippen molar-refractivity contribution < 1.29 is 0 Å². The number of aromatic amines is 1. The third-order valence-electron chi connectivity index (χ3n) is 2.38. The highest BCUT2D eigenvalue weighted by atomic mass is 15.2. The second kappa shape index (κ2) is 5.63. The smallest absolute Gasteiger partial charge is 0.144 e. The molecule has 7 heteroatoms. The van der Waals surface area contributed by atoms with Gasteiger partial charge in [0, 0.05) is 13.0 Å². The predicted octanol–water partition coefficient (Wildman–Crippen LogP) is 0.698. The van der Waals surface area contributed by atoms with Crippen LogP contribution < -0.4 is 11.1 Å². The van der Waals surface area contributed by atoms with Crippen molar-refractivity contribution in [2.75, 3.05) is 17.6 Å². The first kappa shape index (κ1) is 11.9. The normalized spacial score (nSPS) is 9.94. The van der Waals surface area contributed by atoms with E-state index in [1.807, 2.05) is 0 Å². The van der Waals surface area contributed by atoms with E-state index in [4.69, 9.17) is 11.0 Å². The average Bonchev–Trinajstić information content (AvgIpc) is 2.89. The van der Waals surface area contributed by atoms with E-state index in [1.165, 1.54) is 12.5 Å². The fourth-order valence-electron chi connectivity index (χ4n) is 1.52. The van der Waals surface area contributed by atoms with Gasteiger partial charge in [-0.2, -0.15) is 10.4 Å². The lowest BCUT2D eigenvalue weighted by Gasteiger charge is -2.06. The van der Waals surface area contributed by atoms with Gasteiger partial charge in [-0.3, -0.25) is 5.10 Å². The van der Waals surface area contributed by atoms with Gasteiger partial charge < -0.3 is 11.1 Å². The maximum absolute atomic E-state index is 8.94. The quantitative estimate of drug-likeness (QED) is 0.665. The summed E-state index contributed by atoms with van der Waals surface area (Å²) in [7, 11) is 0. The van der Waals surface area contributed by atoms with Crippen LogP contribution in [-0.2, 0) is 6.42 Å². The van der Waals surface area contributed by atoms with Gasteiger partial charge in [0.15, 0.2) is 0 Å². The largest absolute Gasteiger partial charge is 0.397 e. The molecule has 4 N–H and O–H groups in total. The van der Waals surface area contributed by atoms with Crippen LogP contribution in [0.15, 0.2) is 18.6 Å². The fourth-order valence-corrected chi connectivity index (χ4v) is 1.52. The molecular weight excluding hydrogens is 230 g/mol. The molecule has 0 aliphatic rings. The second-order valence-electron chi connectivity index (χ2n) is 3.74. The summed E-state index contributed by atoms with van der Waals surface area (Å²) in [5.41, 5.74) is 6.50. The number of rotatable bonds is 5.